The Morgan fingerprint density at radius 3 is 2.47 bits per heavy atom. The quantitative estimate of drug-likeness (QED) is 0.664. The van der Waals surface area contributed by atoms with E-state index in [9.17, 15) is 4.79 Å². The van der Waals surface area contributed by atoms with Gasteiger partial charge >= 0.3 is 0 Å². The Hall–Kier alpha value is -0.570. The highest BCUT2D eigenvalue weighted by molar-refractivity contribution is 5.81. The summed E-state index contributed by atoms with van der Waals surface area (Å²) in [4.78, 5) is 12.0. The van der Waals surface area contributed by atoms with Crippen LogP contribution in [0.15, 0.2) is 0 Å². The first-order valence-electron chi connectivity index (χ1n) is 8.19. The van der Waals surface area contributed by atoms with E-state index in [4.69, 9.17) is 0 Å². The van der Waals surface area contributed by atoms with Crippen molar-refractivity contribution >= 4 is 5.91 Å². The molecule has 0 heterocycles. The molecule has 0 bridgehead atoms. The molecule has 1 saturated carbocycles. The fourth-order valence-corrected chi connectivity index (χ4v) is 2.98. The lowest BCUT2D eigenvalue weighted by Gasteiger charge is -2.30. The van der Waals surface area contributed by atoms with Gasteiger partial charge in [0.2, 0.25) is 5.91 Å². The molecular formula is C16H32N2O. The summed E-state index contributed by atoms with van der Waals surface area (Å²) in [6.45, 7) is 7.21. The lowest BCUT2D eigenvalue weighted by Crippen LogP contribution is -2.48. The van der Waals surface area contributed by atoms with Crippen LogP contribution in [0.3, 0.4) is 0 Å². The molecule has 1 aliphatic carbocycles. The second-order valence-electron chi connectivity index (χ2n) is 6.07. The fourth-order valence-electron chi connectivity index (χ4n) is 2.98. The molecule has 1 aliphatic rings. The lowest BCUT2D eigenvalue weighted by atomic mass is 9.84. The van der Waals surface area contributed by atoms with Crippen LogP contribution in [0.5, 0.6) is 0 Å². The Balaban J connectivity index is 2.20. The number of unbranched alkanes of at least 4 members (excludes halogenated alkanes) is 2. The van der Waals surface area contributed by atoms with Gasteiger partial charge in [0.15, 0.2) is 0 Å². The molecular weight excluding hydrogens is 236 g/mol. The molecule has 0 aromatic rings. The van der Waals surface area contributed by atoms with Gasteiger partial charge in [-0.05, 0) is 39.0 Å². The monoisotopic (exact) mass is 268 g/mol. The van der Waals surface area contributed by atoms with Crippen LogP contribution in [0.1, 0.15) is 72.1 Å². The number of amides is 1. The largest absolute Gasteiger partial charge is 0.355 e. The van der Waals surface area contributed by atoms with Crippen LogP contribution in [0.2, 0.25) is 0 Å². The summed E-state index contributed by atoms with van der Waals surface area (Å²) in [5, 5.41) is 6.50. The summed E-state index contributed by atoms with van der Waals surface area (Å²) in [7, 11) is 0. The SMILES string of the molecule is CCCCCNC(=O)C(C)NC(C)C1CCCCC1. The molecule has 1 rings (SSSR count). The third-order valence-corrected chi connectivity index (χ3v) is 4.34. The van der Waals surface area contributed by atoms with Crippen molar-refractivity contribution in [2.45, 2.75) is 84.2 Å². The van der Waals surface area contributed by atoms with Crippen molar-refractivity contribution in [2.24, 2.45) is 5.92 Å². The Kier molecular flexibility index (Phi) is 8.11. The molecule has 0 aromatic carbocycles. The van der Waals surface area contributed by atoms with Crippen LogP contribution < -0.4 is 10.6 Å². The molecule has 3 nitrogen and oxygen atoms in total. The summed E-state index contributed by atoms with van der Waals surface area (Å²) in [5.74, 6) is 0.905. The fraction of sp³-hybridized carbons (Fsp3) is 0.938. The van der Waals surface area contributed by atoms with Crippen molar-refractivity contribution in [1.29, 1.82) is 0 Å². The van der Waals surface area contributed by atoms with E-state index in [1.54, 1.807) is 0 Å². The third kappa shape index (κ3) is 6.42. The van der Waals surface area contributed by atoms with E-state index >= 15 is 0 Å². The smallest absolute Gasteiger partial charge is 0.236 e. The minimum atomic E-state index is -0.0708. The van der Waals surface area contributed by atoms with Gasteiger partial charge in [-0.3, -0.25) is 4.79 Å². The molecule has 3 heteroatoms. The molecule has 0 aliphatic heterocycles. The zero-order valence-corrected chi connectivity index (χ0v) is 13.0. The highest BCUT2D eigenvalue weighted by Crippen LogP contribution is 2.26. The van der Waals surface area contributed by atoms with Gasteiger partial charge in [-0.15, -0.1) is 0 Å². The first-order valence-corrected chi connectivity index (χ1v) is 8.19. The van der Waals surface area contributed by atoms with Crippen LogP contribution >= 0.6 is 0 Å². The van der Waals surface area contributed by atoms with E-state index in [0.29, 0.717) is 6.04 Å². The number of carbonyl (C=O) groups is 1. The molecule has 1 amide bonds. The molecule has 1 fully saturated rings. The number of rotatable bonds is 8. The predicted octanol–water partition coefficient (Wildman–Crippen LogP) is 3.24. The van der Waals surface area contributed by atoms with Crippen LogP contribution in [0, 0.1) is 5.92 Å². The summed E-state index contributed by atoms with van der Waals surface area (Å²) in [6, 6.07) is 0.384. The van der Waals surface area contributed by atoms with E-state index in [-0.39, 0.29) is 11.9 Å². The van der Waals surface area contributed by atoms with E-state index in [2.05, 4.69) is 24.5 Å². The Bertz CT molecular complexity index is 249. The Morgan fingerprint density at radius 2 is 1.84 bits per heavy atom. The van der Waals surface area contributed by atoms with Crippen LogP contribution in [-0.4, -0.2) is 24.5 Å². The average Bonchev–Trinajstić information content (AvgIpc) is 2.44. The van der Waals surface area contributed by atoms with Gasteiger partial charge in [-0.25, -0.2) is 0 Å². The standard InChI is InChI=1S/C16H32N2O/c1-4-5-9-12-17-16(19)14(3)18-13(2)15-10-7-6-8-11-15/h13-15,18H,4-12H2,1-3H3,(H,17,19). The molecule has 0 radical (unpaired) electrons. The molecule has 112 valence electrons. The molecule has 0 saturated heterocycles. The molecule has 0 spiro atoms. The molecule has 2 atom stereocenters. The first kappa shape index (κ1) is 16.5. The number of hydrogen-bond acceptors (Lipinski definition) is 2. The van der Waals surface area contributed by atoms with Crippen molar-refractivity contribution in [1.82, 2.24) is 10.6 Å². The van der Waals surface area contributed by atoms with Crippen molar-refractivity contribution in [2.75, 3.05) is 6.54 Å². The number of carbonyl (C=O) groups excluding carboxylic acids is 1. The second kappa shape index (κ2) is 9.35. The molecule has 2 N–H and O–H groups in total. The summed E-state index contributed by atoms with van der Waals surface area (Å²) >= 11 is 0. The third-order valence-electron chi connectivity index (χ3n) is 4.34. The van der Waals surface area contributed by atoms with Gasteiger partial charge in [-0.2, -0.15) is 0 Å². The lowest BCUT2D eigenvalue weighted by molar-refractivity contribution is -0.123. The van der Waals surface area contributed by atoms with Crippen molar-refractivity contribution in [3.05, 3.63) is 0 Å². The summed E-state index contributed by atoms with van der Waals surface area (Å²) in [5.41, 5.74) is 0. The van der Waals surface area contributed by atoms with Crippen LogP contribution in [0.4, 0.5) is 0 Å². The molecule has 0 aromatic heterocycles. The first-order chi connectivity index (χ1) is 9.15. The van der Waals surface area contributed by atoms with E-state index in [1.807, 2.05) is 6.92 Å². The number of nitrogens with one attached hydrogen (secondary N) is 2. The minimum Gasteiger partial charge on any atom is -0.355 e. The summed E-state index contributed by atoms with van der Waals surface area (Å²) in [6.07, 6.45) is 10.2. The molecule has 19 heavy (non-hydrogen) atoms. The van der Waals surface area contributed by atoms with Crippen molar-refractivity contribution in [3.63, 3.8) is 0 Å². The van der Waals surface area contributed by atoms with E-state index in [1.165, 1.54) is 44.9 Å². The van der Waals surface area contributed by atoms with Gasteiger partial charge in [0.25, 0.3) is 0 Å². The van der Waals surface area contributed by atoms with Crippen molar-refractivity contribution in [3.8, 4) is 0 Å². The Labute approximate surface area is 118 Å². The predicted molar refractivity (Wildman–Crippen MR) is 81.2 cm³/mol. The van der Waals surface area contributed by atoms with Gasteiger partial charge in [0, 0.05) is 12.6 Å². The van der Waals surface area contributed by atoms with Gasteiger partial charge < -0.3 is 10.6 Å². The maximum absolute atomic E-state index is 12.0. The molecule has 2 unspecified atom stereocenters. The zero-order chi connectivity index (χ0) is 14.1. The summed E-state index contributed by atoms with van der Waals surface area (Å²) < 4.78 is 0. The van der Waals surface area contributed by atoms with Crippen LogP contribution in [-0.2, 0) is 4.79 Å². The maximum atomic E-state index is 12.0. The number of hydrogen-bond donors (Lipinski definition) is 2. The van der Waals surface area contributed by atoms with Gasteiger partial charge in [0.05, 0.1) is 6.04 Å². The highest BCUT2D eigenvalue weighted by Gasteiger charge is 2.23. The topological polar surface area (TPSA) is 41.1 Å². The maximum Gasteiger partial charge on any atom is 0.236 e. The van der Waals surface area contributed by atoms with Crippen molar-refractivity contribution < 1.29 is 4.79 Å². The highest BCUT2D eigenvalue weighted by atomic mass is 16.2. The van der Waals surface area contributed by atoms with E-state index < -0.39 is 0 Å². The van der Waals surface area contributed by atoms with Gasteiger partial charge in [-0.1, -0.05) is 39.0 Å². The minimum absolute atomic E-state index is 0.0708. The average molecular weight is 268 g/mol. The van der Waals surface area contributed by atoms with E-state index in [0.717, 1.165) is 18.9 Å². The Morgan fingerprint density at radius 1 is 1.16 bits per heavy atom. The second-order valence-corrected chi connectivity index (χ2v) is 6.07. The normalized spacial score (nSPS) is 19.9. The van der Waals surface area contributed by atoms with Crippen LogP contribution in [0.25, 0.3) is 0 Å². The van der Waals surface area contributed by atoms with Gasteiger partial charge in [0.1, 0.15) is 0 Å². The zero-order valence-electron chi connectivity index (χ0n) is 13.0.